The number of hydrogen-bond acceptors (Lipinski definition) is 4. The van der Waals surface area contributed by atoms with Crippen molar-refractivity contribution in [1.29, 1.82) is 0 Å². The highest BCUT2D eigenvalue weighted by atomic mass is 16.3. The van der Waals surface area contributed by atoms with Gasteiger partial charge in [-0.05, 0) is 6.07 Å². The van der Waals surface area contributed by atoms with Crippen LogP contribution in [-0.2, 0) is 13.0 Å². The molecule has 0 saturated heterocycles. The van der Waals surface area contributed by atoms with E-state index < -0.39 is 0 Å². The summed E-state index contributed by atoms with van der Waals surface area (Å²) in [7, 11) is 0. The maximum Gasteiger partial charge on any atom is 0.199 e. The van der Waals surface area contributed by atoms with E-state index in [1.807, 2.05) is 13.0 Å². The lowest BCUT2D eigenvalue weighted by Gasteiger charge is -1.93. The number of aryl methyl sites for hydroxylation is 1. The molecule has 2 aromatic rings. The first-order chi connectivity index (χ1) is 6.35. The first-order valence-corrected chi connectivity index (χ1v) is 4.28. The molecule has 4 heteroatoms. The van der Waals surface area contributed by atoms with E-state index in [4.69, 9.17) is 10.2 Å². The van der Waals surface area contributed by atoms with E-state index >= 15 is 0 Å². The van der Waals surface area contributed by atoms with Crippen LogP contribution in [0.2, 0.25) is 0 Å². The fraction of sp³-hybridized carbons (Fsp3) is 0.333. The summed E-state index contributed by atoms with van der Waals surface area (Å²) in [4.78, 5) is 8.30. The molecular formula is C9H11N3O. The van der Waals surface area contributed by atoms with Gasteiger partial charge in [0.05, 0.1) is 0 Å². The molecular weight excluding hydrogens is 166 g/mol. The van der Waals surface area contributed by atoms with Crippen LogP contribution in [0.15, 0.2) is 16.7 Å². The summed E-state index contributed by atoms with van der Waals surface area (Å²) >= 11 is 0. The molecule has 0 aliphatic heterocycles. The van der Waals surface area contributed by atoms with Crippen molar-refractivity contribution in [3.8, 4) is 0 Å². The Hall–Kier alpha value is -1.42. The molecule has 4 nitrogen and oxygen atoms in total. The van der Waals surface area contributed by atoms with Gasteiger partial charge in [0.1, 0.15) is 0 Å². The maximum atomic E-state index is 5.55. The van der Waals surface area contributed by atoms with Crippen molar-refractivity contribution >= 4 is 11.2 Å². The normalized spacial score (nSPS) is 10.9. The number of nitrogens with zero attached hydrogens (tertiary/aromatic N) is 2. The van der Waals surface area contributed by atoms with Crippen molar-refractivity contribution in [2.24, 2.45) is 5.73 Å². The fourth-order valence-electron chi connectivity index (χ4n) is 1.24. The Balaban J connectivity index is 2.67. The number of fused-ring (bicyclic) bond motifs is 1. The SMILES string of the molecule is CCc1nc2nccc(CN)c2o1. The maximum absolute atomic E-state index is 5.55. The van der Waals surface area contributed by atoms with Crippen LogP contribution in [0.25, 0.3) is 11.2 Å². The second-order valence-electron chi connectivity index (χ2n) is 2.79. The van der Waals surface area contributed by atoms with Gasteiger partial charge >= 0.3 is 0 Å². The molecule has 0 saturated carbocycles. The number of aromatic nitrogens is 2. The lowest BCUT2D eigenvalue weighted by atomic mass is 10.2. The second-order valence-corrected chi connectivity index (χ2v) is 2.79. The fourth-order valence-corrected chi connectivity index (χ4v) is 1.24. The molecule has 2 aromatic heterocycles. The highest BCUT2D eigenvalue weighted by molar-refractivity contribution is 5.71. The summed E-state index contributed by atoms with van der Waals surface area (Å²) in [5.41, 5.74) is 7.88. The summed E-state index contributed by atoms with van der Waals surface area (Å²) in [5, 5.41) is 0. The van der Waals surface area contributed by atoms with Crippen molar-refractivity contribution in [3.63, 3.8) is 0 Å². The zero-order valence-electron chi connectivity index (χ0n) is 7.45. The molecule has 0 radical (unpaired) electrons. The third-order valence-electron chi connectivity index (χ3n) is 1.94. The van der Waals surface area contributed by atoms with Crippen LogP contribution in [0.1, 0.15) is 18.4 Å². The largest absolute Gasteiger partial charge is 0.439 e. The average Bonchev–Trinajstić information content (AvgIpc) is 2.59. The van der Waals surface area contributed by atoms with E-state index in [0.29, 0.717) is 18.1 Å². The Morgan fingerprint density at radius 1 is 1.54 bits per heavy atom. The van der Waals surface area contributed by atoms with Gasteiger partial charge in [-0.25, -0.2) is 4.98 Å². The second kappa shape index (κ2) is 3.14. The van der Waals surface area contributed by atoms with E-state index in [-0.39, 0.29) is 0 Å². The lowest BCUT2D eigenvalue weighted by molar-refractivity contribution is 0.535. The molecule has 2 N–H and O–H groups in total. The van der Waals surface area contributed by atoms with Crippen molar-refractivity contribution in [3.05, 3.63) is 23.7 Å². The van der Waals surface area contributed by atoms with Crippen LogP contribution in [0, 0.1) is 0 Å². The summed E-state index contributed by atoms with van der Waals surface area (Å²) in [6.07, 6.45) is 2.48. The molecule has 0 aromatic carbocycles. The van der Waals surface area contributed by atoms with Gasteiger partial charge < -0.3 is 10.2 Å². The molecule has 0 amide bonds. The Kier molecular flexibility index (Phi) is 1.98. The van der Waals surface area contributed by atoms with Gasteiger partial charge in [0.15, 0.2) is 17.1 Å². The van der Waals surface area contributed by atoms with Crippen LogP contribution in [0.3, 0.4) is 0 Å². The topological polar surface area (TPSA) is 64.9 Å². The number of oxazole rings is 1. The lowest BCUT2D eigenvalue weighted by Crippen LogP contribution is -1.96. The van der Waals surface area contributed by atoms with Crippen LogP contribution in [0.5, 0.6) is 0 Å². The monoisotopic (exact) mass is 177 g/mol. The first-order valence-electron chi connectivity index (χ1n) is 4.28. The van der Waals surface area contributed by atoms with E-state index in [9.17, 15) is 0 Å². The Labute approximate surface area is 75.8 Å². The minimum absolute atomic E-state index is 0.456. The standard InChI is InChI=1S/C9H11N3O/c1-2-7-12-9-8(13-7)6(5-10)3-4-11-9/h3-4H,2,5,10H2,1H3. The van der Waals surface area contributed by atoms with E-state index in [1.165, 1.54) is 0 Å². The van der Waals surface area contributed by atoms with E-state index in [0.717, 1.165) is 17.6 Å². The minimum Gasteiger partial charge on any atom is -0.439 e. The van der Waals surface area contributed by atoms with E-state index in [1.54, 1.807) is 6.20 Å². The molecule has 13 heavy (non-hydrogen) atoms. The van der Waals surface area contributed by atoms with Crippen LogP contribution < -0.4 is 5.73 Å². The highest BCUT2D eigenvalue weighted by Gasteiger charge is 2.07. The van der Waals surface area contributed by atoms with Gasteiger partial charge in [-0.3, -0.25) is 0 Å². The Morgan fingerprint density at radius 3 is 3.08 bits per heavy atom. The summed E-state index contributed by atoms with van der Waals surface area (Å²) < 4.78 is 5.49. The average molecular weight is 177 g/mol. The van der Waals surface area contributed by atoms with Crippen molar-refractivity contribution in [1.82, 2.24) is 9.97 Å². The van der Waals surface area contributed by atoms with E-state index in [2.05, 4.69) is 9.97 Å². The first kappa shape index (κ1) is 8.19. The van der Waals surface area contributed by atoms with Gasteiger partial charge in [0.2, 0.25) is 0 Å². The molecule has 68 valence electrons. The molecule has 0 aliphatic rings. The number of hydrogen-bond donors (Lipinski definition) is 1. The highest BCUT2D eigenvalue weighted by Crippen LogP contribution is 2.17. The van der Waals surface area contributed by atoms with Crippen molar-refractivity contribution < 1.29 is 4.42 Å². The minimum atomic E-state index is 0.456. The molecule has 0 bridgehead atoms. The van der Waals surface area contributed by atoms with Gasteiger partial charge in [-0.15, -0.1) is 0 Å². The third-order valence-corrected chi connectivity index (χ3v) is 1.94. The van der Waals surface area contributed by atoms with Crippen LogP contribution in [-0.4, -0.2) is 9.97 Å². The van der Waals surface area contributed by atoms with Crippen LogP contribution in [0.4, 0.5) is 0 Å². The zero-order chi connectivity index (χ0) is 9.26. The van der Waals surface area contributed by atoms with Crippen molar-refractivity contribution in [2.45, 2.75) is 19.9 Å². The molecule has 2 rings (SSSR count). The van der Waals surface area contributed by atoms with Gasteiger partial charge in [-0.2, -0.15) is 4.98 Å². The van der Waals surface area contributed by atoms with Crippen LogP contribution >= 0.6 is 0 Å². The number of nitrogens with two attached hydrogens (primary N) is 1. The number of pyridine rings is 1. The molecule has 0 spiro atoms. The summed E-state index contributed by atoms with van der Waals surface area (Å²) in [6.45, 7) is 2.45. The Morgan fingerprint density at radius 2 is 2.38 bits per heavy atom. The molecule has 0 atom stereocenters. The summed E-state index contributed by atoms with van der Waals surface area (Å²) in [6, 6.07) is 1.85. The molecule has 2 heterocycles. The predicted octanol–water partition coefficient (Wildman–Crippen LogP) is 1.24. The Bertz CT molecular complexity index is 422. The quantitative estimate of drug-likeness (QED) is 0.749. The molecule has 0 aliphatic carbocycles. The zero-order valence-corrected chi connectivity index (χ0v) is 7.45. The smallest absolute Gasteiger partial charge is 0.199 e. The molecule has 0 fully saturated rings. The predicted molar refractivity (Wildman–Crippen MR) is 49.1 cm³/mol. The molecule has 0 unspecified atom stereocenters. The van der Waals surface area contributed by atoms with Crippen molar-refractivity contribution in [2.75, 3.05) is 0 Å². The third kappa shape index (κ3) is 1.29. The van der Waals surface area contributed by atoms with Gasteiger partial charge in [0, 0.05) is 24.7 Å². The summed E-state index contributed by atoms with van der Waals surface area (Å²) in [5.74, 6) is 0.711. The number of rotatable bonds is 2. The van der Waals surface area contributed by atoms with Gasteiger partial charge in [-0.1, -0.05) is 6.92 Å². The van der Waals surface area contributed by atoms with Gasteiger partial charge in [0.25, 0.3) is 0 Å².